The lowest BCUT2D eigenvalue weighted by atomic mass is 9.85. The van der Waals surface area contributed by atoms with Crippen LogP contribution in [0.5, 0.6) is 0 Å². The van der Waals surface area contributed by atoms with E-state index < -0.39 is 125 Å². The fourth-order valence-corrected chi connectivity index (χ4v) is 10.8. The lowest BCUT2D eigenvalue weighted by Crippen LogP contribution is -2.59. The number of likely N-dealkylation sites (tertiary alicyclic amines) is 2. The van der Waals surface area contributed by atoms with Gasteiger partial charge in [0.2, 0.25) is 35.4 Å². The summed E-state index contributed by atoms with van der Waals surface area (Å²) in [6.07, 6.45) is -0.150. The van der Waals surface area contributed by atoms with Gasteiger partial charge in [0, 0.05) is 25.6 Å². The van der Waals surface area contributed by atoms with Crippen molar-refractivity contribution in [2.45, 2.75) is 180 Å². The summed E-state index contributed by atoms with van der Waals surface area (Å²) < 4.78 is 0. The van der Waals surface area contributed by atoms with Crippen LogP contribution in [0, 0.1) is 16.7 Å². The van der Waals surface area contributed by atoms with E-state index in [2.05, 4.69) is 37.2 Å². The van der Waals surface area contributed by atoms with E-state index >= 15 is 0 Å². The van der Waals surface area contributed by atoms with E-state index in [1.54, 1.807) is 69.5 Å². The Bertz CT molecular complexity index is 2250. The fraction of sp³-hybridized carbons (Fsp3) is 0.636. The molecule has 4 aliphatic rings. The van der Waals surface area contributed by atoms with Crippen LogP contribution >= 0.6 is 24.8 Å². The first-order valence-corrected chi connectivity index (χ1v) is 26.4. The van der Waals surface area contributed by atoms with Crippen molar-refractivity contribution >= 4 is 71.9 Å². The molecule has 0 bridgehead atoms. The molecule has 2 aliphatic heterocycles. The van der Waals surface area contributed by atoms with Crippen molar-refractivity contribution in [1.29, 1.82) is 0 Å². The van der Waals surface area contributed by atoms with Gasteiger partial charge in [-0.2, -0.15) is 0 Å². The number of halogens is 2. The number of aryl methyl sites for hydroxylation is 2. The van der Waals surface area contributed by atoms with Gasteiger partial charge in [0.05, 0.1) is 24.2 Å². The maximum Gasteiger partial charge on any atom is 0.252 e. The van der Waals surface area contributed by atoms with Crippen molar-refractivity contribution in [3.8, 4) is 0 Å². The third-order valence-electron chi connectivity index (χ3n) is 15.4. The molecule has 9 N–H and O–H groups in total. The molecule has 2 heterocycles. The highest BCUT2D eigenvalue weighted by atomic mass is 35.5. The average Bonchev–Trinajstić information content (AvgIpc) is 4.00. The molecule has 0 unspecified atom stereocenters. The molecule has 0 radical (unpaired) electrons. The number of hydrogen-bond donors (Lipinski definition) is 9. The Morgan fingerprint density at radius 1 is 0.592 bits per heavy atom. The molecule has 2 aromatic rings. The maximum absolute atomic E-state index is 14.6. The zero-order valence-corrected chi connectivity index (χ0v) is 47.3. The van der Waals surface area contributed by atoms with E-state index in [1.165, 1.54) is 9.80 Å². The van der Waals surface area contributed by atoms with Gasteiger partial charge in [0.25, 0.3) is 5.91 Å². The van der Waals surface area contributed by atoms with Crippen LogP contribution in [0.2, 0.25) is 0 Å². The Morgan fingerprint density at radius 2 is 1.01 bits per heavy atom. The first-order valence-electron chi connectivity index (χ1n) is 26.4. The van der Waals surface area contributed by atoms with Crippen LogP contribution in [0.25, 0.3) is 0 Å². The number of fused-ring (bicyclic) bond motifs is 2. The highest BCUT2D eigenvalue weighted by Gasteiger charge is 2.49. The van der Waals surface area contributed by atoms with Gasteiger partial charge in [-0.15, -0.1) is 24.8 Å². The van der Waals surface area contributed by atoms with Crippen LogP contribution < -0.4 is 37.2 Å². The molecule has 76 heavy (non-hydrogen) atoms. The predicted octanol–water partition coefficient (Wildman–Crippen LogP) is 2.48. The molecular weight excluding hydrogens is 1020 g/mol. The van der Waals surface area contributed by atoms with E-state index in [0.29, 0.717) is 12.8 Å². The normalized spacial score (nSPS) is 23.5. The Balaban J connectivity index is 0.00000624. The predicted molar refractivity (Wildman–Crippen MR) is 292 cm³/mol. The SMILES string of the molecule is CN[C@@H](C)C(=O)N[C@H](C(=O)N1C[C@@H](CC(=O)[C@H](O)[C@@H](O)C(=O)N[C@H]2C[C@@H](C(=O)N[C@@H]3CCCc4ccccc43)N(C(=O)[C@@H](NC(=O)[C@H](C)NC)C(C)(C)C)C2)C[C@H]1C(=O)N[C@@H]1CCCc2ccccc21)C(C)(C)C.Cl.Cl. The Hall–Kier alpha value is -5.18. The lowest BCUT2D eigenvalue weighted by Gasteiger charge is -2.36. The van der Waals surface area contributed by atoms with Crippen molar-refractivity contribution in [3.05, 3.63) is 70.8 Å². The second-order valence-electron chi connectivity index (χ2n) is 23.1. The minimum Gasteiger partial charge on any atom is -0.382 e. The Kier molecular flexibility index (Phi) is 22.4. The third-order valence-corrected chi connectivity index (χ3v) is 15.4. The lowest BCUT2D eigenvalue weighted by molar-refractivity contribution is -0.146. The molecule has 12 atom stereocenters. The number of ketones is 1. The summed E-state index contributed by atoms with van der Waals surface area (Å²) >= 11 is 0. The number of hydrogen-bond acceptors (Lipinski definition) is 12. The molecule has 21 heteroatoms. The number of carbonyl (C=O) groups excluding carboxylic acids is 8. The monoisotopic (exact) mass is 1100 g/mol. The zero-order valence-electron chi connectivity index (χ0n) is 45.7. The molecule has 6 rings (SSSR count). The van der Waals surface area contributed by atoms with E-state index in [0.717, 1.165) is 47.9 Å². The fourth-order valence-electron chi connectivity index (χ4n) is 10.8. The molecule has 0 spiro atoms. The summed E-state index contributed by atoms with van der Waals surface area (Å²) in [5.74, 6) is -5.49. The number of carbonyl (C=O) groups is 8. The van der Waals surface area contributed by atoms with Gasteiger partial charge < -0.3 is 57.2 Å². The van der Waals surface area contributed by atoms with Crippen LogP contribution in [0.4, 0.5) is 0 Å². The van der Waals surface area contributed by atoms with Crippen LogP contribution in [-0.2, 0) is 51.2 Å². The van der Waals surface area contributed by atoms with E-state index in [9.17, 15) is 48.6 Å². The van der Waals surface area contributed by atoms with Gasteiger partial charge in [-0.25, -0.2) is 0 Å². The molecule has 0 aromatic heterocycles. The van der Waals surface area contributed by atoms with Crippen molar-refractivity contribution in [3.63, 3.8) is 0 Å². The topological polar surface area (TPSA) is 268 Å². The second kappa shape index (κ2) is 26.9. The van der Waals surface area contributed by atoms with E-state index in [-0.39, 0.29) is 62.8 Å². The summed E-state index contributed by atoms with van der Waals surface area (Å²) in [5, 5.41) is 43.1. The summed E-state index contributed by atoms with van der Waals surface area (Å²) in [7, 11) is 3.24. The molecule has 2 aromatic carbocycles. The highest BCUT2D eigenvalue weighted by molar-refractivity contribution is 5.96. The standard InChI is InChI=1S/C55H81N9O10.2ClH/c1-30(56-9)47(68)61-45(54(3,4)5)52(73)63-28-32(25-40(63)49(70)59-38-23-15-19-33-17-11-13-21-36(33)38)26-42(65)43(66)44(67)51(72)58-35-27-41(50(71)60-39-24-16-20-34-18-12-14-22-37(34)39)64(29-35)53(74)46(55(6,7)8)62-48(69)31(2)57-10;;/h11-14,17-18,21-22,30-32,35,38-41,43-46,56-57,66-67H,15-16,19-20,23-29H2,1-10H3,(H,58,72)(H,59,70)(H,60,71)(H,61,68)(H,62,69);2*1H/t30-,31-,32+,35-,38+,39+,40-,41-,43-,44+,45+,46+;;/m0../s1. The minimum atomic E-state index is -2.26. The van der Waals surface area contributed by atoms with Crippen LogP contribution in [-0.4, -0.2) is 149 Å². The van der Waals surface area contributed by atoms with Gasteiger partial charge in [-0.3, -0.25) is 38.4 Å². The molecule has 0 saturated carbocycles. The number of aliphatic hydroxyl groups is 2. The number of amides is 7. The van der Waals surface area contributed by atoms with Crippen molar-refractivity contribution in [2.24, 2.45) is 16.7 Å². The molecule has 422 valence electrons. The van der Waals surface area contributed by atoms with Crippen molar-refractivity contribution < 1.29 is 48.6 Å². The molecule has 19 nitrogen and oxygen atoms in total. The number of nitrogens with zero attached hydrogens (tertiary/aromatic N) is 2. The van der Waals surface area contributed by atoms with Crippen LogP contribution in [0.1, 0.15) is 135 Å². The number of Topliss-reactive ketones (excluding diaryl/α,β-unsaturated/α-hetero) is 1. The maximum atomic E-state index is 14.6. The van der Waals surface area contributed by atoms with Crippen LogP contribution in [0.3, 0.4) is 0 Å². The first kappa shape index (κ1) is 63.4. The number of nitrogens with one attached hydrogen (secondary N) is 7. The van der Waals surface area contributed by atoms with Gasteiger partial charge >= 0.3 is 0 Å². The molecule has 2 saturated heterocycles. The largest absolute Gasteiger partial charge is 0.382 e. The smallest absolute Gasteiger partial charge is 0.252 e. The van der Waals surface area contributed by atoms with Crippen LogP contribution in [0.15, 0.2) is 48.5 Å². The van der Waals surface area contributed by atoms with Gasteiger partial charge in [-0.05, 0) is 118 Å². The summed E-state index contributed by atoms with van der Waals surface area (Å²) in [5.41, 5.74) is 2.60. The molecule has 2 aliphatic carbocycles. The number of likely N-dealkylation sites (N-methyl/N-ethyl adjacent to an activating group) is 2. The summed E-state index contributed by atoms with van der Waals surface area (Å²) in [6, 6.07) is 8.61. The summed E-state index contributed by atoms with van der Waals surface area (Å²) in [4.78, 5) is 115. The molecular formula is C55H83Cl2N9O10. The molecule has 2 fully saturated rings. The Morgan fingerprint density at radius 3 is 1.45 bits per heavy atom. The number of benzene rings is 2. The minimum absolute atomic E-state index is 0. The van der Waals surface area contributed by atoms with Gasteiger partial charge in [0.1, 0.15) is 30.3 Å². The van der Waals surface area contributed by atoms with Gasteiger partial charge in [0.15, 0.2) is 11.9 Å². The average molecular weight is 1100 g/mol. The Labute approximate surface area is 460 Å². The first-order chi connectivity index (χ1) is 34.8. The summed E-state index contributed by atoms with van der Waals surface area (Å²) in [6.45, 7) is 13.8. The van der Waals surface area contributed by atoms with Crippen molar-refractivity contribution in [2.75, 3.05) is 27.2 Å². The molecule has 7 amide bonds. The van der Waals surface area contributed by atoms with E-state index in [4.69, 9.17) is 0 Å². The number of aliphatic hydroxyl groups excluding tert-OH is 2. The van der Waals surface area contributed by atoms with E-state index in [1.807, 2.05) is 48.5 Å². The second-order valence-corrected chi connectivity index (χ2v) is 23.1. The highest BCUT2D eigenvalue weighted by Crippen LogP contribution is 2.35. The number of rotatable bonds is 18. The van der Waals surface area contributed by atoms with Crippen molar-refractivity contribution in [1.82, 2.24) is 47.0 Å². The quantitative estimate of drug-likeness (QED) is 0.104. The zero-order chi connectivity index (χ0) is 54.4. The van der Waals surface area contributed by atoms with Gasteiger partial charge in [-0.1, -0.05) is 90.1 Å². The third kappa shape index (κ3) is 15.1.